The number of amides is 1. The first-order valence-electron chi connectivity index (χ1n) is 7.18. The summed E-state index contributed by atoms with van der Waals surface area (Å²) in [4.78, 5) is 19.0. The number of rotatable bonds is 4. The molecule has 1 amide bonds. The third kappa shape index (κ3) is 2.88. The third-order valence-electron chi connectivity index (χ3n) is 3.75. The highest BCUT2D eigenvalue weighted by Gasteiger charge is 2.29. The summed E-state index contributed by atoms with van der Waals surface area (Å²) in [5, 5.41) is 3.27. The normalized spacial score (nSPS) is 18.7. The lowest BCUT2D eigenvalue weighted by atomic mass is 10.1. The summed E-state index contributed by atoms with van der Waals surface area (Å²) < 4.78 is 0. The SMILES string of the molecule is CCNc1cc(C)ncc1C(=O)N1CCCC1CC. The zero-order valence-corrected chi connectivity index (χ0v) is 12.1. The number of carbonyl (C=O) groups is 1. The number of aromatic nitrogens is 1. The summed E-state index contributed by atoms with van der Waals surface area (Å²) in [7, 11) is 0. The molecule has 4 heteroatoms. The van der Waals surface area contributed by atoms with E-state index >= 15 is 0 Å². The van der Waals surface area contributed by atoms with Gasteiger partial charge in [-0.1, -0.05) is 6.92 Å². The van der Waals surface area contributed by atoms with Gasteiger partial charge in [0.05, 0.1) is 11.3 Å². The smallest absolute Gasteiger partial charge is 0.257 e. The van der Waals surface area contributed by atoms with E-state index in [1.807, 2.05) is 24.8 Å². The molecule has 0 aromatic carbocycles. The molecule has 19 heavy (non-hydrogen) atoms. The van der Waals surface area contributed by atoms with E-state index in [0.29, 0.717) is 11.6 Å². The van der Waals surface area contributed by atoms with Crippen LogP contribution in [0.15, 0.2) is 12.3 Å². The molecule has 4 nitrogen and oxygen atoms in total. The Bertz CT molecular complexity index is 459. The quantitative estimate of drug-likeness (QED) is 0.906. The minimum atomic E-state index is 0.118. The van der Waals surface area contributed by atoms with E-state index in [1.165, 1.54) is 0 Å². The van der Waals surface area contributed by atoms with Gasteiger partial charge in [0.1, 0.15) is 0 Å². The van der Waals surface area contributed by atoms with E-state index < -0.39 is 0 Å². The van der Waals surface area contributed by atoms with Crippen LogP contribution in [0, 0.1) is 6.92 Å². The van der Waals surface area contributed by atoms with Gasteiger partial charge in [0.25, 0.3) is 5.91 Å². The maximum atomic E-state index is 12.7. The molecule has 0 saturated carbocycles. The predicted octanol–water partition coefficient (Wildman–Crippen LogP) is 2.84. The van der Waals surface area contributed by atoms with Crippen LogP contribution in [0.2, 0.25) is 0 Å². The molecule has 1 aromatic rings. The van der Waals surface area contributed by atoms with Crippen LogP contribution in [-0.4, -0.2) is 34.9 Å². The van der Waals surface area contributed by atoms with E-state index in [2.05, 4.69) is 17.2 Å². The van der Waals surface area contributed by atoms with Crippen LogP contribution in [0.4, 0.5) is 5.69 Å². The van der Waals surface area contributed by atoms with E-state index in [4.69, 9.17) is 0 Å². The number of anilines is 1. The minimum absolute atomic E-state index is 0.118. The number of hydrogen-bond acceptors (Lipinski definition) is 3. The van der Waals surface area contributed by atoms with Gasteiger partial charge in [-0.3, -0.25) is 9.78 Å². The summed E-state index contributed by atoms with van der Waals surface area (Å²) in [6, 6.07) is 2.34. The molecular formula is C15H23N3O. The highest BCUT2D eigenvalue weighted by molar-refractivity contribution is 5.99. The zero-order chi connectivity index (χ0) is 13.8. The molecule has 1 saturated heterocycles. The van der Waals surface area contributed by atoms with Crippen molar-refractivity contribution in [1.82, 2.24) is 9.88 Å². The van der Waals surface area contributed by atoms with Gasteiger partial charge in [0, 0.05) is 31.0 Å². The van der Waals surface area contributed by atoms with Crippen LogP contribution in [0.5, 0.6) is 0 Å². The Morgan fingerprint density at radius 1 is 1.53 bits per heavy atom. The topological polar surface area (TPSA) is 45.2 Å². The number of likely N-dealkylation sites (tertiary alicyclic amines) is 1. The van der Waals surface area contributed by atoms with Crippen LogP contribution in [0.1, 0.15) is 49.2 Å². The van der Waals surface area contributed by atoms with Crippen molar-refractivity contribution in [1.29, 1.82) is 0 Å². The van der Waals surface area contributed by atoms with Crippen molar-refractivity contribution < 1.29 is 4.79 Å². The van der Waals surface area contributed by atoms with Crippen molar-refractivity contribution in [2.24, 2.45) is 0 Å². The summed E-state index contributed by atoms with van der Waals surface area (Å²) in [5.74, 6) is 0.118. The zero-order valence-electron chi connectivity index (χ0n) is 12.1. The average Bonchev–Trinajstić information content (AvgIpc) is 2.87. The Morgan fingerprint density at radius 2 is 2.32 bits per heavy atom. The maximum Gasteiger partial charge on any atom is 0.257 e. The van der Waals surface area contributed by atoms with Crippen molar-refractivity contribution in [3.8, 4) is 0 Å². The number of carbonyl (C=O) groups excluding carboxylic acids is 1. The molecule has 2 rings (SSSR count). The Balaban J connectivity index is 2.27. The lowest BCUT2D eigenvalue weighted by molar-refractivity contribution is 0.0734. The van der Waals surface area contributed by atoms with Crippen molar-refractivity contribution in [3.05, 3.63) is 23.5 Å². The number of pyridine rings is 1. The minimum Gasteiger partial charge on any atom is -0.385 e. The van der Waals surface area contributed by atoms with Crippen LogP contribution >= 0.6 is 0 Å². The van der Waals surface area contributed by atoms with Crippen molar-refractivity contribution in [3.63, 3.8) is 0 Å². The Kier molecular flexibility index (Phi) is 4.40. The van der Waals surface area contributed by atoms with Gasteiger partial charge >= 0.3 is 0 Å². The third-order valence-corrected chi connectivity index (χ3v) is 3.75. The van der Waals surface area contributed by atoms with Gasteiger partial charge in [0.2, 0.25) is 0 Å². The molecule has 1 aromatic heterocycles. The summed E-state index contributed by atoms with van der Waals surface area (Å²) in [6.45, 7) is 7.81. The second kappa shape index (κ2) is 6.04. The van der Waals surface area contributed by atoms with Crippen LogP contribution in [-0.2, 0) is 0 Å². The number of hydrogen-bond donors (Lipinski definition) is 1. The highest BCUT2D eigenvalue weighted by Crippen LogP contribution is 2.25. The van der Waals surface area contributed by atoms with E-state index in [1.54, 1.807) is 6.20 Å². The second-order valence-corrected chi connectivity index (χ2v) is 5.10. The van der Waals surface area contributed by atoms with E-state index in [0.717, 1.165) is 43.7 Å². The molecule has 1 unspecified atom stereocenters. The Hall–Kier alpha value is -1.58. The fraction of sp³-hybridized carbons (Fsp3) is 0.600. The second-order valence-electron chi connectivity index (χ2n) is 5.10. The van der Waals surface area contributed by atoms with Crippen LogP contribution < -0.4 is 5.32 Å². The van der Waals surface area contributed by atoms with Crippen LogP contribution in [0.3, 0.4) is 0 Å². The molecule has 104 valence electrons. The number of nitrogens with zero attached hydrogens (tertiary/aromatic N) is 2. The van der Waals surface area contributed by atoms with Gasteiger partial charge < -0.3 is 10.2 Å². The predicted molar refractivity (Wildman–Crippen MR) is 77.5 cm³/mol. The molecule has 0 spiro atoms. The van der Waals surface area contributed by atoms with Gasteiger partial charge in [-0.25, -0.2) is 0 Å². The highest BCUT2D eigenvalue weighted by atomic mass is 16.2. The number of aryl methyl sites for hydroxylation is 1. The molecule has 1 N–H and O–H groups in total. The van der Waals surface area contributed by atoms with E-state index in [9.17, 15) is 4.79 Å². The molecule has 2 heterocycles. The molecule has 1 atom stereocenters. The Labute approximate surface area is 115 Å². The van der Waals surface area contributed by atoms with Crippen molar-refractivity contribution >= 4 is 11.6 Å². The first-order valence-corrected chi connectivity index (χ1v) is 7.18. The maximum absolute atomic E-state index is 12.7. The van der Waals surface area contributed by atoms with Gasteiger partial charge in [0.15, 0.2) is 0 Å². The fourth-order valence-electron chi connectivity index (χ4n) is 2.75. The summed E-state index contributed by atoms with van der Waals surface area (Å²) in [6.07, 6.45) is 4.97. The lowest BCUT2D eigenvalue weighted by Gasteiger charge is -2.24. The molecule has 1 aliphatic rings. The molecule has 0 aliphatic carbocycles. The molecule has 1 fully saturated rings. The fourth-order valence-corrected chi connectivity index (χ4v) is 2.75. The lowest BCUT2D eigenvalue weighted by Crippen LogP contribution is -2.35. The molecular weight excluding hydrogens is 238 g/mol. The van der Waals surface area contributed by atoms with Gasteiger partial charge in [-0.15, -0.1) is 0 Å². The first-order chi connectivity index (χ1) is 9.17. The largest absolute Gasteiger partial charge is 0.385 e. The number of nitrogens with one attached hydrogen (secondary N) is 1. The van der Waals surface area contributed by atoms with Crippen molar-refractivity contribution in [2.75, 3.05) is 18.4 Å². The van der Waals surface area contributed by atoms with E-state index in [-0.39, 0.29) is 5.91 Å². The molecule has 0 bridgehead atoms. The van der Waals surface area contributed by atoms with Crippen molar-refractivity contribution in [2.45, 2.75) is 46.1 Å². The van der Waals surface area contributed by atoms with Gasteiger partial charge in [-0.05, 0) is 39.2 Å². The average molecular weight is 261 g/mol. The Morgan fingerprint density at radius 3 is 3.00 bits per heavy atom. The first kappa shape index (κ1) is 13.8. The summed E-state index contributed by atoms with van der Waals surface area (Å²) in [5.41, 5.74) is 2.54. The molecule has 0 radical (unpaired) electrons. The van der Waals surface area contributed by atoms with Gasteiger partial charge in [-0.2, -0.15) is 0 Å². The summed E-state index contributed by atoms with van der Waals surface area (Å²) >= 11 is 0. The molecule has 1 aliphatic heterocycles. The monoisotopic (exact) mass is 261 g/mol. The van der Waals surface area contributed by atoms with Crippen LogP contribution in [0.25, 0.3) is 0 Å². The standard InChI is InChI=1S/C15H23N3O/c1-4-12-7-6-8-18(12)15(19)13-10-17-11(3)9-14(13)16-5-2/h9-10,12H,4-8H2,1-3H3,(H,16,17).